The summed E-state index contributed by atoms with van der Waals surface area (Å²) in [5, 5.41) is 2.62. The van der Waals surface area contributed by atoms with Crippen LogP contribution in [-0.4, -0.2) is 4.57 Å². The van der Waals surface area contributed by atoms with Gasteiger partial charge in [-0.15, -0.1) is 0 Å². The van der Waals surface area contributed by atoms with Crippen molar-refractivity contribution in [1.82, 2.24) is 4.57 Å². The molecule has 7 aromatic rings. The van der Waals surface area contributed by atoms with Gasteiger partial charge in [-0.2, -0.15) is 0 Å². The molecule has 2 nitrogen and oxygen atoms in total. The van der Waals surface area contributed by atoms with Gasteiger partial charge in [-0.25, -0.2) is 0 Å². The van der Waals surface area contributed by atoms with Crippen LogP contribution >= 0.6 is 0 Å². The average Bonchev–Trinajstić information content (AvgIpc) is 3.85. The molecule has 4 aliphatic rings. The molecule has 0 saturated carbocycles. The van der Waals surface area contributed by atoms with E-state index in [1.54, 1.807) is 0 Å². The second kappa shape index (κ2) is 12.1. The number of benzene rings is 6. The largest absolute Gasteiger partial charge is 0.310 e. The quantitative estimate of drug-likeness (QED) is 0.174. The van der Waals surface area contributed by atoms with E-state index in [1.807, 2.05) is 0 Å². The van der Waals surface area contributed by atoms with E-state index < -0.39 is 0 Å². The maximum absolute atomic E-state index is 2.51. The van der Waals surface area contributed by atoms with Crippen molar-refractivity contribution in [2.24, 2.45) is 0 Å². The Morgan fingerprint density at radius 1 is 0.630 bits per heavy atom. The van der Waals surface area contributed by atoms with Crippen LogP contribution in [0.3, 0.4) is 0 Å². The van der Waals surface area contributed by atoms with Crippen molar-refractivity contribution in [2.45, 2.75) is 64.2 Å². The maximum atomic E-state index is 2.51. The van der Waals surface area contributed by atoms with Gasteiger partial charge in [0.05, 0.1) is 11.0 Å². The smallest absolute Gasteiger partial charge is 0.0582 e. The van der Waals surface area contributed by atoms with Crippen molar-refractivity contribution in [2.75, 3.05) is 4.90 Å². The second-order valence-electron chi connectivity index (χ2n) is 16.2. The molecule has 6 aromatic carbocycles. The van der Waals surface area contributed by atoms with Crippen LogP contribution in [0.4, 0.5) is 17.1 Å². The number of rotatable bonds is 5. The van der Waals surface area contributed by atoms with Crippen LogP contribution < -0.4 is 4.90 Å². The molecule has 0 N–H and O–H groups in total. The first-order valence-electron chi connectivity index (χ1n) is 19.9. The van der Waals surface area contributed by atoms with E-state index in [9.17, 15) is 0 Å². The summed E-state index contributed by atoms with van der Waals surface area (Å²) in [6, 6.07) is 48.4. The molecule has 11 rings (SSSR count). The first-order chi connectivity index (χ1) is 26.5. The minimum absolute atomic E-state index is 0.0269. The van der Waals surface area contributed by atoms with Gasteiger partial charge < -0.3 is 9.47 Å². The zero-order valence-corrected chi connectivity index (χ0v) is 31.2. The lowest BCUT2D eigenvalue weighted by Gasteiger charge is -2.29. The van der Waals surface area contributed by atoms with Crippen molar-refractivity contribution in [3.63, 3.8) is 0 Å². The summed E-state index contributed by atoms with van der Waals surface area (Å²) >= 11 is 0. The SMILES string of the molecule is CC1(C)C2=C(CCC=C2)c2ccc(N(c3ccc(C4=CCCCC4)cc3)c3ccc(-n4c5ccccc5c5ccc6c(c54)Cc4ccccc4-6)cc3)cc21. The highest BCUT2D eigenvalue weighted by Crippen LogP contribution is 2.52. The molecule has 4 aliphatic carbocycles. The Kier molecular flexibility index (Phi) is 7.08. The van der Waals surface area contributed by atoms with E-state index in [1.165, 1.54) is 120 Å². The molecule has 0 bridgehead atoms. The van der Waals surface area contributed by atoms with Crippen molar-refractivity contribution in [3.05, 3.63) is 179 Å². The Bertz CT molecular complexity index is 2750. The first-order valence-corrected chi connectivity index (χ1v) is 19.9. The normalized spacial score (nSPS) is 16.7. The summed E-state index contributed by atoms with van der Waals surface area (Å²) in [6.45, 7) is 4.81. The average molecular weight is 697 g/mol. The molecular weight excluding hydrogens is 653 g/mol. The van der Waals surface area contributed by atoms with E-state index in [0.29, 0.717) is 0 Å². The summed E-state index contributed by atoms with van der Waals surface area (Å²) in [6.07, 6.45) is 15.4. The highest BCUT2D eigenvalue weighted by molar-refractivity contribution is 6.12. The number of nitrogens with zero attached hydrogens (tertiary/aromatic N) is 2. The summed E-state index contributed by atoms with van der Waals surface area (Å²) in [5.41, 5.74) is 21.6. The van der Waals surface area contributed by atoms with Crippen LogP contribution in [0.15, 0.2) is 151 Å². The van der Waals surface area contributed by atoms with E-state index in [0.717, 1.165) is 24.9 Å². The Balaban J connectivity index is 1.05. The van der Waals surface area contributed by atoms with E-state index in [-0.39, 0.29) is 5.41 Å². The molecule has 54 heavy (non-hydrogen) atoms. The van der Waals surface area contributed by atoms with Crippen LogP contribution in [0.2, 0.25) is 0 Å². The van der Waals surface area contributed by atoms with E-state index in [4.69, 9.17) is 0 Å². The third-order valence-electron chi connectivity index (χ3n) is 12.9. The summed E-state index contributed by atoms with van der Waals surface area (Å²) < 4.78 is 2.51. The Morgan fingerprint density at radius 3 is 2.22 bits per heavy atom. The number of fused-ring (bicyclic) bond motifs is 9. The number of anilines is 3. The van der Waals surface area contributed by atoms with Crippen LogP contribution in [0, 0.1) is 0 Å². The standard InChI is InChI=1S/C52H44N2/c1-52(2)48-18-10-8-16-43(48)44-29-28-40(33-49(44)52)53(37-22-20-35(21-23-37)34-12-4-3-5-13-34)38-24-26-39(27-25-38)54-50-19-11-9-17-45(50)46-31-30-42-41-15-7-6-14-36(41)32-47(42)51(46)54/h6-7,9-12,14-15,17-31,33H,3-5,8,13,16,32H2,1-2H3. The Morgan fingerprint density at radius 2 is 1.39 bits per heavy atom. The minimum Gasteiger partial charge on any atom is -0.310 e. The van der Waals surface area contributed by atoms with Crippen LogP contribution in [0.25, 0.3) is 49.8 Å². The highest BCUT2D eigenvalue weighted by atomic mass is 15.1. The predicted molar refractivity (Wildman–Crippen MR) is 228 cm³/mol. The zero-order chi connectivity index (χ0) is 36.0. The predicted octanol–water partition coefficient (Wildman–Crippen LogP) is 14.2. The van der Waals surface area contributed by atoms with Crippen molar-refractivity contribution in [1.29, 1.82) is 0 Å². The fourth-order valence-corrected chi connectivity index (χ4v) is 10.2. The van der Waals surface area contributed by atoms with Gasteiger partial charge in [0.15, 0.2) is 0 Å². The maximum Gasteiger partial charge on any atom is 0.0582 e. The molecule has 0 atom stereocenters. The molecule has 1 aromatic heterocycles. The van der Waals surface area contributed by atoms with Gasteiger partial charge >= 0.3 is 0 Å². The molecule has 0 unspecified atom stereocenters. The molecule has 262 valence electrons. The van der Waals surface area contributed by atoms with Crippen LogP contribution in [0.5, 0.6) is 0 Å². The second-order valence-corrected chi connectivity index (χ2v) is 16.2. The lowest BCUT2D eigenvalue weighted by Crippen LogP contribution is -2.18. The fourth-order valence-electron chi connectivity index (χ4n) is 10.2. The summed E-state index contributed by atoms with van der Waals surface area (Å²) in [7, 11) is 0. The van der Waals surface area contributed by atoms with Gasteiger partial charge in [-0.3, -0.25) is 0 Å². The molecule has 0 radical (unpaired) electrons. The summed E-state index contributed by atoms with van der Waals surface area (Å²) in [5.74, 6) is 0. The zero-order valence-electron chi connectivity index (χ0n) is 31.2. The topological polar surface area (TPSA) is 8.17 Å². The summed E-state index contributed by atoms with van der Waals surface area (Å²) in [4.78, 5) is 2.46. The van der Waals surface area contributed by atoms with Crippen molar-refractivity contribution >= 4 is 50.0 Å². The third kappa shape index (κ3) is 4.72. The number of aromatic nitrogens is 1. The molecule has 0 saturated heterocycles. The number of para-hydroxylation sites is 1. The van der Waals surface area contributed by atoms with Gasteiger partial charge in [0, 0.05) is 45.4 Å². The minimum atomic E-state index is -0.0269. The number of hydrogen-bond donors (Lipinski definition) is 0. The van der Waals surface area contributed by atoms with Crippen LogP contribution in [0.1, 0.15) is 80.2 Å². The lowest BCUT2D eigenvalue weighted by molar-refractivity contribution is 0.651. The third-order valence-corrected chi connectivity index (χ3v) is 12.9. The Labute approximate surface area is 318 Å². The molecule has 2 heteroatoms. The Hall–Kier alpha value is -5.86. The monoisotopic (exact) mass is 696 g/mol. The molecule has 0 spiro atoms. The molecule has 0 aliphatic heterocycles. The lowest BCUT2D eigenvalue weighted by atomic mass is 9.80. The molecule has 0 amide bonds. The molecule has 0 fully saturated rings. The van der Waals surface area contributed by atoms with Gasteiger partial charge in [0.25, 0.3) is 0 Å². The fraction of sp³-hybridized carbons (Fsp3) is 0.192. The van der Waals surface area contributed by atoms with Crippen LogP contribution in [-0.2, 0) is 11.8 Å². The molecule has 1 heterocycles. The number of hydrogen-bond acceptors (Lipinski definition) is 1. The van der Waals surface area contributed by atoms with Crippen molar-refractivity contribution in [3.8, 4) is 16.8 Å². The van der Waals surface area contributed by atoms with Gasteiger partial charge in [0.1, 0.15) is 0 Å². The van der Waals surface area contributed by atoms with Gasteiger partial charge in [0.2, 0.25) is 0 Å². The number of allylic oxidation sites excluding steroid dienone is 6. The van der Waals surface area contributed by atoms with E-state index >= 15 is 0 Å². The van der Waals surface area contributed by atoms with Gasteiger partial charge in [-0.1, -0.05) is 105 Å². The van der Waals surface area contributed by atoms with E-state index in [2.05, 4.69) is 169 Å². The molecular formula is C52H44N2. The van der Waals surface area contributed by atoms with Gasteiger partial charge in [-0.05, 0) is 149 Å². The first kappa shape index (κ1) is 31.6. The van der Waals surface area contributed by atoms with Crippen molar-refractivity contribution < 1.29 is 0 Å². The highest BCUT2D eigenvalue weighted by Gasteiger charge is 2.37.